The third-order valence-electron chi connectivity index (χ3n) is 4.39. The molecule has 4 rings (SSSR count). The Morgan fingerprint density at radius 2 is 1.83 bits per heavy atom. The van der Waals surface area contributed by atoms with Gasteiger partial charge in [-0.05, 0) is 36.2 Å². The standard InChI is InChI=1S/C18H19N3O2/c1-22-13-5-3-12(4-6-13)9-16-18-20-15-8-7-14(23-2)10-17(15)21(18)11-19-16/h3-8,10,16,19H,9,11H2,1-2H3/t16-/m1/s1. The molecule has 5 heteroatoms. The molecule has 1 aromatic heterocycles. The Bertz CT molecular complexity index is 839. The zero-order valence-corrected chi connectivity index (χ0v) is 13.2. The highest BCUT2D eigenvalue weighted by Gasteiger charge is 2.26. The van der Waals surface area contributed by atoms with Gasteiger partial charge in [0.05, 0.1) is 38.0 Å². The molecule has 23 heavy (non-hydrogen) atoms. The van der Waals surface area contributed by atoms with Crippen LogP contribution in [0.15, 0.2) is 42.5 Å². The lowest BCUT2D eigenvalue weighted by atomic mass is 10.1. The fourth-order valence-corrected chi connectivity index (χ4v) is 3.13. The number of rotatable bonds is 4. The van der Waals surface area contributed by atoms with Gasteiger partial charge in [-0.3, -0.25) is 5.32 Å². The second-order valence-corrected chi connectivity index (χ2v) is 5.72. The summed E-state index contributed by atoms with van der Waals surface area (Å²) in [5, 5.41) is 3.54. The summed E-state index contributed by atoms with van der Waals surface area (Å²) in [5.41, 5.74) is 3.40. The van der Waals surface area contributed by atoms with Crippen molar-refractivity contribution in [2.75, 3.05) is 14.2 Å². The van der Waals surface area contributed by atoms with Gasteiger partial charge in [-0.2, -0.15) is 0 Å². The highest BCUT2D eigenvalue weighted by atomic mass is 16.5. The van der Waals surface area contributed by atoms with Crippen LogP contribution in [0.2, 0.25) is 0 Å². The minimum atomic E-state index is 0.224. The lowest BCUT2D eigenvalue weighted by Gasteiger charge is -2.09. The molecule has 0 spiro atoms. The Hall–Kier alpha value is -2.53. The van der Waals surface area contributed by atoms with Crippen LogP contribution in [0.5, 0.6) is 11.5 Å². The summed E-state index contributed by atoms with van der Waals surface area (Å²) in [7, 11) is 3.37. The Morgan fingerprint density at radius 1 is 1.09 bits per heavy atom. The summed E-state index contributed by atoms with van der Waals surface area (Å²) in [6, 6.07) is 14.5. The van der Waals surface area contributed by atoms with Crippen LogP contribution in [0, 0.1) is 0 Å². The van der Waals surface area contributed by atoms with Gasteiger partial charge >= 0.3 is 0 Å². The molecule has 0 saturated heterocycles. The highest BCUT2D eigenvalue weighted by Crippen LogP contribution is 2.30. The molecule has 1 N–H and O–H groups in total. The van der Waals surface area contributed by atoms with Crippen molar-refractivity contribution in [3.05, 3.63) is 53.9 Å². The maximum atomic E-state index is 5.32. The predicted octanol–water partition coefficient (Wildman–Crippen LogP) is 2.90. The average molecular weight is 309 g/mol. The summed E-state index contributed by atoms with van der Waals surface area (Å²) in [6.45, 7) is 0.778. The van der Waals surface area contributed by atoms with Crippen LogP contribution in [0.3, 0.4) is 0 Å². The number of aromatic nitrogens is 2. The van der Waals surface area contributed by atoms with Crippen LogP contribution < -0.4 is 14.8 Å². The van der Waals surface area contributed by atoms with Crippen LogP contribution in [0.1, 0.15) is 17.4 Å². The SMILES string of the molecule is COc1ccc(C[C@H]2NCn3c2nc2ccc(OC)cc23)cc1. The van der Waals surface area contributed by atoms with Gasteiger partial charge in [-0.25, -0.2) is 4.98 Å². The maximum absolute atomic E-state index is 5.32. The molecule has 5 nitrogen and oxygen atoms in total. The number of imidazole rings is 1. The summed E-state index contributed by atoms with van der Waals surface area (Å²) in [5.74, 6) is 2.83. The molecule has 0 saturated carbocycles. The van der Waals surface area contributed by atoms with Gasteiger partial charge in [0.2, 0.25) is 0 Å². The largest absolute Gasteiger partial charge is 0.497 e. The molecule has 1 atom stereocenters. The summed E-state index contributed by atoms with van der Waals surface area (Å²) in [6.07, 6.45) is 0.907. The monoisotopic (exact) mass is 309 g/mol. The number of ether oxygens (including phenoxy) is 2. The van der Waals surface area contributed by atoms with Gasteiger partial charge in [0.15, 0.2) is 0 Å². The molecular formula is C18H19N3O2. The van der Waals surface area contributed by atoms with Crippen LogP contribution in [0.25, 0.3) is 11.0 Å². The van der Waals surface area contributed by atoms with E-state index in [1.165, 1.54) is 5.56 Å². The number of nitrogens with zero attached hydrogens (tertiary/aromatic N) is 2. The molecule has 0 radical (unpaired) electrons. The van der Waals surface area contributed by atoms with Crippen molar-refractivity contribution < 1.29 is 9.47 Å². The van der Waals surface area contributed by atoms with Gasteiger partial charge in [0.25, 0.3) is 0 Å². The fraction of sp³-hybridized carbons (Fsp3) is 0.278. The highest BCUT2D eigenvalue weighted by molar-refractivity contribution is 5.78. The van der Waals surface area contributed by atoms with Crippen LogP contribution >= 0.6 is 0 Å². The molecule has 0 unspecified atom stereocenters. The second kappa shape index (κ2) is 5.59. The normalized spacial score (nSPS) is 16.5. The van der Waals surface area contributed by atoms with Gasteiger partial charge < -0.3 is 14.0 Å². The first-order chi connectivity index (χ1) is 11.3. The maximum Gasteiger partial charge on any atom is 0.128 e. The first kappa shape index (κ1) is 14.1. The quantitative estimate of drug-likeness (QED) is 0.805. The van der Waals surface area contributed by atoms with E-state index in [1.807, 2.05) is 30.3 Å². The van der Waals surface area contributed by atoms with Crippen molar-refractivity contribution in [1.82, 2.24) is 14.9 Å². The van der Waals surface area contributed by atoms with Crippen LogP contribution in [0.4, 0.5) is 0 Å². The van der Waals surface area contributed by atoms with Crippen LogP contribution in [-0.4, -0.2) is 23.8 Å². The van der Waals surface area contributed by atoms with E-state index in [-0.39, 0.29) is 6.04 Å². The van der Waals surface area contributed by atoms with E-state index >= 15 is 0 Å². The number of methoxy groups -OCH3 is 2. The molecule has 2 heterocycles. The summed E-state index contributed by atoms with van der Waals surface area (Å²) >= 11 is 0. The summed E-state index contributed by atoms with van der Waals surface area (Å²) in [4.78, 5) is 4.80. The predicted molar refractivity (Wildman–Crippen MR) is 88.9 cm³/mol. The Labute approximate surface area is 134 Å². The minimum absolute atomic E-state index is 0.224. The third-order valence-corrected chi connectivity index (χ3v) is 4.39. The Balaban J connectivity index is 1.64. The number of benzene rings is 2. The van der Waals surface area contributed by atoms with Gasteiger partial charge in [-0.1, -0.05) is 12.1 Å². The van der Waals surface area contributed by atoms with Crippen molar-refractivity contribution in [2.45, 2.75) is 19.1 Å². The minimum Gasteiger partial charge on any atom is -0.497 e. The Kier molecular flexibility index (Phi) is 3.42. The van der Waals surface area contributed by atoms with E-state index in [2.05, 4.69) is 22.0 Å². The smallest absolute Gasteiger partial charge is 0.128 e. The van der Waals surface area contributed by atoms with Crippen molar-refractivity contribution >= 4 is 11.0 Å². The number of fused-ring (bicyclic) bond motifs is 3. The average Bonchev–Trinajstić information content (AvgIpc) is 3.15. The Morgan fingerprint density at radius 3 is 2.57 bits per heavy atom. The molecule has 0 aliphatic carbocycles. The van der Waals surface area contributed by atoms with Crippen molar-refractivity contribution in [1.29, 1.82) is 0 Å². The van der Waals surface area contributed by atoms with E-state index in [0.717, 1.165) is 41.4 Å². The summed E-state index contributed by atoms with van der Waals surface area (Å²) < 4.78 is 12.8. The van der Waals surface area contributed by atoms with Crippen LogP contribution in [-0.2, 0) is 13.1 Å². The van der Waals surface area contributed by atoms with E-state index in [4.69, 9.17) is 14.5 Å². The van der Waals surface area contributed by atoms with E-state index in [9.17, 15) is 0 Å². The van der Waals surface area contributed by atoms with Crippen molar-refractivity contribution in [3.63, 3.8) is 0 Å². The second-order valence-electron chi connectivity index (χ2n) is 5.72. The molecule has 118 valence electrons. The molecule has 3 aromatic rings. The van der Waals surface area contributed by atoms with Crippen molar-refractivity contribution in [3.8, 4) is 11.5 Å². The molecule has 1 aliphatic rings. The first-order valence-electron chi connectivity index (χ1n) is 7.69. The van der Waals surface area contributed by atoms with E-state index in [0.29, 0.717) is 0 Å². The number of hydrogen-bond acceptors (Lipinski definition) is 4. The lowest BCUT2D eigenvalue weighted by molar-refractivity contribution is 0.414. The molecule has 0 amide bonds. The zero-order chi connectivity index (χ0) is 15.8. The van der Waals surface area contributed by atoms with E-state index in [1.54, 1.807) is 14.2 Å². The topological polar surface area (TPSA) is 48.3 Å². The lowest BCUT2D eigenvalue weighted by Crippen LogP contribution is -2.15. The van der Waals surface area contributed by atoms with E-state index < -0.39 is 0 Å². The number of hydrogen-bond donors (Lipinski definition) is 1. The molecule has 0 bridgehead atoms. The molecule has 0 fully saturated rings. The molecular weight excluding hydrogens is 290 g/mol. The number of nitrogens with one attached hydrogen (secondary N) is 1. The van der Waals surface area contributed by atoms with Gasteiger partial charge in [-0.15, -0.1) is 0 Å². The van der Waals surface area contributed by atoms with Crippen molar-refractivity contribution in [2.24, 2.45) is 0 Å². The third kappa shape index (κ3) is 2.43. The molecule has 1 aliphatic heterocycles. The van der Waals surface area contributed by atoms with Gasteiger partial charge in [0, 0.05) is 6.07 Å². The fourth-order valence-electron chi connectivity index (χ4n) is 3.13. The zero-order valence-electron chi connectivity index (χ0n) is 13.2. The molecule has 2 aromatic carbocycles. The van der Waals surface area contributed by atoms with Gasteiger partial charge in [0.1, 0.15) is 17.3 Å². The first-order valence-corrected chi connectivity index (χ1v) is 7.69.